The molecule has 14 nitrogen and oxygen atoms in total. The van der Waals surface area contributed by atoms with Crippen LogP contribution in [0.3, 0.4) is 0 Å². The summed E-state index contributed by atoms with van der Waals surface area (Å²) in [6.07, 6.45) is -30.5. The normalized spacial score (nSPS) is 9.34. The van der Waals surface area contributed by atoms with Crippen LogP contribution >= 0.6 is 46.4 Å². The number of hydrogen-bond acceptors (Lipinski definition) is 14. The molecule has 0 aliphatic rings. The Hall–Kier alpha value is 2.25. The molecule has 0 saturated heterocycles. The Morgan fingerprint density at radius 1 is 0.288 bits per heavy atom. The summed E-state index contributed by atoms with van der Waals surface area (Å²) in [5, 5.41) is 37.3. The minimum Gasteiger partial charge on any atom is -0.464 e. The lowest BCUT2D eigenvalue weighted by Gasteiger charge is -2.50. The molecule has 0 spiro atoms. The third-order valence-electron chi connectivity index (χ3n) is 19.0. The van der Waals surface area contributed by atoms with E-state index in [0.29, 0.717) is 17.6 Å². The van der Waals surface area contributed by atoms with E-state index in [1.165, 1.54) is 34.2 Å². The first-order valence-electron chi connectivity index (χ1n) is 36.5. The van der Waals surface area contributed by atoms with Crippen LogP contribution in [0.2, 0.25) is 27.2 Å². The van der Waals surface area contributed by atoms with Gasteiger partial charge in [0.15, 0.2) is 27.4 Å². The van der Waals surface area contributed by atoms with Crippen molar-refractivity contribution in [2.75, 3.05) is 21.3 Å². The van der Waals surface area contributed by atoms with Gasteiger partial charge in [-0.25, -0.2) is 14.4 Å². The highest BCUT2D eigenvalue weighted by molar-refractivity contribution is 8.30. The van der Waals surface area contributed by atoms with Crippen LogP contribution in [-0.4, -0.2) is 684 Å². The second kappa shape index (κ2) is 68.3. The fourth-order valence-electron chi connectivity index (χ4n) is 14.0. The first-order chi connectivity index (χ1) is 56.7. The van der Waals surface area contributed by atoms with Crippen molar-refractivity contribution in [1.82, 2.24) is 30.6 Å². The summed E-state index contributed by atoms with van der Waals surface area (Å²) in [7, 11) is 256. The highest BCUT2D eigenvalue weighted by atomic mass is 35.5. The molecule has 0 aromatic carbocycles. The van der Waals surface area contributed by atoms with Gasteiger partial charge in [0.2, 0.25) is 0 Å². The molecule has 3 rings (SSSR count). The molecule has 0 unspecified atom stereocenters. The zero-order valence-corrected chi connectivity index (χ0v) is 71.6. The molecule has 84 radical (unpaired) electrons. The van der Waals surface area contributed by atoms with E-state index in [2.05, 4.69) is 44.8 Å². The molecule has 3 aromatic heterocycles. The van der Waals surface area contributed by atoms with Crippen molar-refractivity contribution in [1.29, 1.82) is 0 Å². The van der Waals surface area contributed by atoms with Gasteiger partial charge in [0.1, 0.15) is 0 Å². The van der Waals surface area contributed by atoms with Crippen molar-refractivity contribution in [3.05, 3.63) is 66.9 Å². The van der Waals surface area contributed by atoms with Gasteiger partial charge in [0, 0.05) is 199 Å². The Kier molecular flexibility index (Phi) is 74.2. The van der Waals surface area contributed by atoms with E-state index in [1.807, 2.05) is 0 Å². The van der Waals surface area contributed by atoms with E-state index in [0.717, 1.165) is 0 Å². The zero-order chi connectivity index (χ0) is 98.5. The maximum Gasteiger partial charge on any atom is 0.448 e. The average molecular weight is 1570 g/mol. The second-order valence-electron chi connectivity index (χ2n) is 28.4. The van der Waals surface area contributed by atoms with E-state index in [-0.39, 0.29) is 80.8 Å². The highest BCUT2D eigenvalue weighted by Gasteiger charge is 2.54. The molecule has 0 aliphatic carbocycles. The molecular weight excluding hydrogens is 1540 g/mol. The Morgan fingerprint density at radius 3 is 0.672 bits per heavy atom. The fraction of sp³-hybridized carbons (Fsp3) is 0.318. The molecule has 103 heteroatoms. The lowest BCUT2D eigenvalue weighted by Crippen LogP contribution is -2.87. The second-order valence-corrected chi connectivity index (χ2v) is 30.0. The van der Waals surface area contributed by atoms with E-state index in [9.17, 15) is 14.4 Å². The van der Waals surface area contributed by atoms with Gasteiger partial charge in [-0.3, -0.25) is 6.39 Å². The molecule has 125 heavy (non-hydrogen) atoms. The molecule has 0 aliphatic heterocycles. The number of hydrogen-bond donors (Lipinski definition) is 2. The number of rotatable bonds is 39. The third-order valence-corrected chi connectivity index (χ3v) is 20.0. The van der Waals surface area contributed by atoms with Crippen molar-refractivity contribution in [2.24, 2.45) is 0 Å². The number of methoxy groups -OCH3 is 3. The van der Waals surface area contributed by atoms with E-state index in [1.54, 1.807) is 26.0 Å². The van der Waals surface area contributed by atoms with Crippen LogP contribution in [0.4, 0.5) is 0 Å². The van der Waals surface area contributed by atoms with Gasteiger partial charge in [0.25, 0.3) is 0 Å². The van der Waals surface area contributed by atoms with E-state index < -0.39 is 255 Å². The molecule has 0 atom stereocenters. The molecule has 2 N–H and O–H groups in total. The van der Waals surface area contributed by atoms with Gasteiger partial charge in [-0.15, -0.1) is 47.4 Å². The van der Waals surface area contributed by atoms with Crippen LogP contribution in [0.1, 0.15) is 50.1 Å². The Bertz CT molecular complexity index is 2940. The van der Waals surface area contributed by atoms with Crippen molar-refractivity contribution in [3.8, 4) is 0 Å². The quantitative estimate of drug-likeness (QED) is 0.0311. The summed E-state index contributed by atoms with van der Waals surface area (Å²) in [5.41, 5.74) is 1.52. The van der Waals surface area contributed by atoms with Gasteiger partial charge < -0.3 is 24.3 Å². The number of carbonyl (C=O) groups is 3. The molecule has 3 aromatic rings. The summed E-state index contributed by atoms with van der Waals surface area (Å²) in [6.45, 7) is 4.73. The standard InChI is InChI=1S/2C7H7ClN2O2.C6H4Cl2N2O2.CH5BO2.CH4.B28H6.B28H3.B28/c1-4-3-5(8)6(10-9-4)7(11)12-2;1-4-3-5(8)9-10-6(4)7(11)12-2;1-12-6(11)5-3(7)2-4(8)9-10-5;1-2(3)4;;3*1-16(2)23(15)27(24(17(3)4)18(5)6)28(25(19(7)8)20(9)10)26(21(11)12)22(13)14/h2*3H,1-2H3;2H,1H3;3-4H,1H3;1H4;1-2H3;1H3;/q;;;;;-2;-1;. The minimum absolute atomic E-state index is 0. The predicted molar refractivity (Wildman–Crippen MR) is 648 cm³/mol. The van der Waals surface area contributed by atoms with Gasteiger partial charge in [-0.1, -0.05) is 68.0 Å². The van der Waals surface area contributed by atoms with Crippen molar-refractivity contribution in [3.63, 3.8) is 0 Å². The minimum atomic E-state index is -1.17. The molecule has 488 valence electrons. The average Bonchev–Trinajstić information content (AvgIpc) is 0.781. The molecule has 0 amide bonds. The third kappa shape index (κ3) is 47.2. The lowest BCUT2D eigenvalue weighted by atomic mass is 8.32. The summed E-state index contributed by atoms with van der Waals surface area (Å²) in [5.74, 6) is -1.71. The van der Waals surface area contributed by atoms with Gasteiger partial charge in [-0.05, 0) is 400 Å². The number of aromatic nitrogens is 6. The zero-order valence-electron chi connectivity index (χ0n) is 68.6. The lowest BCUT2D eigenvalue weighted by molar-refractivity contribution is 0.0583. The molecule has 0 bridgehead atoms. The molecular formula is C22H36B85Cl4N6O8-3. The van der Waals surface area contributed by atoms with Crippen LogP contribution in [0, 0.1) is 13.8 Å². The van der Waals surface area contributed by atoms with Crippen LogP contribution in [0.5, 0.6) is 0 Å². The van der Waals surface area contributed by atoms with E-state index >= 15 is 0 Å². The first kappa shape index (κ1) is 136. The molecule has 3 heterocycles. The maximum atomic E-state index is 11.0. The first-order valence-corrected chi connectivity index (χ1v) is 38.0. The Balaban J connectivity index is -0.000000471. The van der Waals surface area contributed by atoms with E-state index in [4.69, 9.17) is 381 Å². The fourth-order valence-corrected chi connectivity index (χ4v) is 14.9. The Labute approximate surface area is 846 Å². The van der Waals surface area contributed by atoms with Crippen molar-refractivity contribution >= 4 is 669 Å². The maximum absolute atomic E-state index is 11.0. The summed E-state index contributed by atoms with van der Waals surface area (Å²) in [4.78, 5) is 32.8. The number of halogens is 4. The number of carbonyl (C=O) groups excluding carboxylic acids is 3. The number of nitrogens with zero attached hydrogens (tertiary/aromatic N) is 6. The van der Waals surface area contributed by atoms with Gasteiger partial charge in [0.05, 0.1) is 37.1 Å². The number of aryl methyl sites for hydroxylation is 2. The van der Waals surface area contributed by atoms with Gasteiger partial charge >= 0.3 is 25.0 Å². The summed E-state index contributed by atoms with van der Waals surface area (Å²) < 4.78 is 13.3. The van der Waals surface area contributed by atoms with Crippen molar-refractivity contribution in [2.45, 2.75) is 28.1 Å². The number of esters is 3. The Morgan fingerprint density at radius 2 is 0.480 bits per heavy atom. The van der Waals surface area contributed by atoms with Crippen LogP contribution in [0.25, 0.3) is 0 Å². The largest absolute Gasteiger partial charge is 0.464 e. The molecule has 0 saturated carbocycles. The monoisotopic (exact) mass is 1590 g/mol. The summed E-state index contributed by atoms with van der Waals surface area (Å²) >= 11 is 22.3. The topological polar surface area (TPSA) is 197 Å². The predicted octanol–water partition coefficient (Wildman–Crippen LogP) is -30.7. The smallest absolute Gasteiger partial charge is 0.448 e. The van der Waals surface area contributed by atoms with Gasteiger partial charge in [-0.2, -0.15) is 5.10 Å². The SMILES string of the molecule is C.CB(O)O.COC(=O)c1nnc(C)cc1Cl.COC(=O)c1nnc(Cl)cc1C.COC(=O)c1nnc(Cl)cc1Cl.[B]B([B])B(B([B])[B])B(B([B])B([BH3-])[BH3-])B(B(B([B])[B])B([B])[B])B(B([B])[B])B([B])[B].[B]B([B])B(B([B])[B])B(B([B])B([B])[BH3-])B(B(B([B])[B])B([B])[B])B(B([B])[B])B([B])[B].[B]B([B])B([B])B(B(B([B])[B])B([B])[B])B(B(B([B])[B])B([B])[B])B(B([B])[B])B([B])[B]. The summed E-state index contributed by atoms with van der Waals surface area (Å²) in [6, 6.07) is 4.43. The van der Waals surface area contributed by atoms with Crippen LogP contribution in [-0.2, 0) is 14.2 Å². The van der Waals surface area contributed by atoms with Crippen molar-refractivity contribution < 1.29 is 38.6 Å². The molecule has 0 fully saturated rings. The van der Waals surface area contributed by atoms with Crippen LogP contribution < -0.4 is 0 Å². The van der Waals surface area contributed by atoms with Crippen LogP contribution in [0.15, 0.2) is 18.2 Å². The highest BCUT2D eigenvalue weighted by Crippen LogP contribution is 2.20. The number of ether oxygens (including phenoxy) is 3.